The van der Waals surface area contributed by atoms with E-state index in [9.17, 15) is 18.0 Å². The maximum Gasteiger partial charge on any atom is 0.416 e. The lowest BCUT2D eigenvalue weighted by atomic mass is 9.88. The summed E-state index contributed by atoms with van der Waals surface area (Å²) in [4.78, 5) is 10.8. The van der Waals surface area contributed by atoms with Crippen molar-refractivity contribution in [1.82, 2.24) is 0 Å². The lowest BCUT2D eigenvalue weighted by Gasteiger charge is -2.16. The van der Waals surface area contributed by atoms with Crippen molar-refractivity contribution in [3.63, 3.8) is 0 Å². The molecule has 0 aromatic heterocycles. The first-order chi connectivity index (χ1) is 8.80. The van der Waals surface area contributed by atoms with Crippen LogP contribution in [0.1, 0.15) is 30.4 Å². The zero-order valence-electron chi connectivity index (χ0n) is 10.2. The molecule has 0 saturated carbocycles. The highest BCUT2D eigenvalue weighted by atomic mass is 19.4. The quantitative estimate of drug-likeness (QED) is 0.920. The van der Waals surface area contributed by atoms with Crippen LogP contribution in [0.25, 0.3) is 0 Å². The number of halogens is 3. The highest BCUT2D eigenvalue weighted by Gasteiger charge is 2.40. The predicted molar refractivity (Wildman–Crippen MR) is 61.1 cm³/mol. The first-order valence-corrected chi connectivity index (χ1v) is 5.86. The molecular formula is C13H13F3O3. The summed E-state index contributed by atoms with van der Waals surface area (Å²) >= 11 is 0. The lowest BCUT2D eigenvalue weighted by molar-refractivity contribution is -0.141. The van der Waals surface area contributed by atoms with E-state index in [1.54, 1.807) is 0 Å². The smallest absolute Gasteiger partial charge is 0.416 e. The highest BCUT2D eigenvalue weighted by Crippen LogP contribution is 2.45. The molecule has 2 atom stereocenters. The summed E-state index contributed by atoms with van der Waals surface area (Å²) in [5, 5.41) is 8.86. The van der Waals surface area contributed by atoms with Gasteiger partial charge in [-0.1, -0.05) is 13.0 Å². The molecule has 2 unspecified atom stereocenters. The molecule has 0 aliphatic carbocycles. The van der Waals surface area contributed by atoms with E-state index < -0.39 is 29.5 Å². The molecule has 3 nitrogen and oxygen atoms in total. The minimum absolute atomic E-state index is 0.0862. The van der Waals surface area contributed by atoms with Crippen molar-refractivity contribution in [2.45, 2.75) is 25.4 Å². The Kier molecular flexibility index (Phi) is 3.43. The minimum Gasteiger partial charge on any atom is -0.493 e. The molecule has 0 radical (unpaired) electrons. The Morgan fingerprint density at radius 1 is 1.53 bits per heavy atom. The zero-order valence-corrected chi connectivity index (χ0v) is 10.2. The van der Waals surface area contributed by atoms with Gasteiger partial charge in [-0.3, -0.25) is 4.79 Å². The summed E-state index contributed by atoms with van der Waals surface area (Å²) in [6.45, 7) is 1.58. The number of ether oxygens (including phenoxy) is 1. The molecule has 0 fully saturated rings. The summed E-state index contributed by atoms with van der Waals surface area (Å²) in [6, 6.07) is 3.78. The van der Waals surface area contributed by atoms with Crippen molar-refractivity contribution in [3.05, 3.63) is 29.3 Å². The monoisotopic (exact) mass is 274 g/mol. The number of rotatable bonds is 3. The Morgan fingerprint density at radius 3 is 2.79 bits per heavy atom. The zero-order chi connectivity index (χ0) is 14.2. The third kappa shape index (κ3) is 2.67. The maximum absolute atomic E-state index is 12.9. The number of carboxylic acids is 1. The Labute approximate surface area is 108 Å². The second-order valence-corrected chi connectivity index (χ2v) is 4.70. The van der Waals surface area contributed by atoms with Gasteiger partial charge in [0.15, 0.2) is 0 Å². The van der Waals surface area contributed by atoms with Crippen LogP contribution in [0, 0.1) is 5.92 Å². The van der Waals surface area contributed by atoms with Gasteiger partial charge in [0.1, 0.15) is 5.75 Å². The standard InChI is InChI=1S/C13H13F3O3/c1-7(12(17)18)5-8-6-19-10-4-2-3-9(11(8)10)13(14,15)16/h2-4,7-8H,5-6H2,1H3,(H,17,18). The summed E-state index contributed by atoms with van der Waals surface area (Å²) in [7, 11) is 0. The van der Waals surface area contributed by atoms with Gasteiger partial charge in [0.2, 0.25) is 0 Å². The molecule has 0 saturated heterocycles. The number of fused-ring (bicyclic) bond motifs is 1. The van der Waals surface area contributed by atoms with Crippen LogP contribution in [0.3, 0.4) is 0 Å². The van der Waals surface area contributed by atoms with Crippen LogP contribution < -0.4 is 4.74 Å². The molecule has 0 spiro atoms. The summed E-state index contributed by atoms with van der Waals surface area (Å²) < 4.78 is 44.1. The molecule has 1 aromatic carbocycles. The molecule has 2 rings (SSSR count). The fourth-order valence-electron chi connectivity index (χ4n) is 2.33. The van der Waals surface area contributed by atoms with Gasteiger partial charge >= 0.3 is 12.1 Å². The Bertz CT molecular complexity index is 496. The summed E-state index contributed by atoms with van der Waals surface area (Å²) in [5.41, 5.74) is -0.645. The topological polar surface area (TPSA) is 46.5 Å². The Hall–Kier alpha value is -1.72. The molecule has 1 aliphatic heterocycles. The van der Waals surface area contributed by atoms with Crippen LogP contribution in [0.15, 0.2) is 18.2 Å². The van der Waals surface area contributed by atoms with Gasteiger partial charge in [-0.25, -0.2) is 0 Å². The number of benzene rings is 1. The van der Waals surface area contributed by atoms with E-state index in [-0.39, 0.29) is 24.3 Å². The molecule has 0 bridgehead atoms. The van der Waals surface area contributed by atoms with Gasteiger partial charge in [-0.05, 0) is 18.6 Å². The van der Waals surface area contributed by atoms with Crippen LogP contribution in [-0.2, 0) is 11.0 Å². The number of aliphatic carboxylic acids is 1. The summed E-state index contributed by atoms with van der Waals surface area (Å²) in [6.07, 6.45) is -4.32. The van der Waals surface area contributed by atoms with Crippen molar-refractivity contribution in [2.24, 2.45) is 5.92 Å². The van der Waals surface area contributed by atoms with Gasteiger partial charge in [-0.2, -0.15) is 13.2 Å². The molecule has 0 amide bonds. The second-order valence-electron chi connectivity index (χ2n) is 4.70. The number of alkyl halides is 3. The van der Waals surface area contributed by atoms with E-state index in [1.165, 1.54) is 19.1 Å². The molecule has 6 heteroatoms. The largest absolute Gasteiger partial charge is 0.493 e. The first kappa shape index (κ1) is 13.7. The average Bonchev–Trinajstić information content (AvgIpc) is 2.71. The second kappa shape index (κ2) is 4.75. The summed E-state index contributed by atoms with van der Waals surface area (Å²) in [5.74, 6) is -2.05. The van der Waals surface area contributed by atoms with Crippen molar-refractivity contribution in [2.75, 3.05) is 6.61 Å². The fourth-order valence-corrected chi connectivity index (χ4v) is 2.33. The lowest BCUT2D eigenvalue weighted by Crippen LogP contribution is -2.17. The Morgan fingerprint density at radius 2 is 2.21 bits per heavy atom. The molecule has 1 heterocycles. The number of carbonyl (C=O) groups is 1. The number of hydrogen-bond acceptors (Lipinski definition) is 2. The van der Waals surface area contributed by atoms with Crippen LogP contribution in [0.5, 0.6) is 5.75 Å². The average molecular weight is 274 g/mol. The van der Waals surface area contributed by atoms with Gasteiger partial charge in [0.05, 0.1) is 18.1 Å². The third-order valence-electron chi connectivity index (χ3n) is 3.28. The molecule has 1 aliphatic rings. The minimum atomic E-state index is -4.45. The van der Waals surface area contributed by atoms with Gasteiger partial charge in [0, 0.05) is 11.5 Å². The van der Waals surface area contributed by atoms with E-state index in [4.69, 9.17) is 9.84 Å². The van der Waals surface area contributed by atoms with Crippen molar-refractivity contribution >= 4 is 5.97 Å². The molecule has 1 aromatic rings. The predicted octanol–water partition coefficient (Wildman–Crippen LogP) is 3.29. The van der Waals surface area contributed by atoms with E-state index >= 15 is 0 Å². The van der Waals surface area contributed by atoms with E-state index in [2.05, 4.69) is 0 Å². The van der Waals surface area contributed by atoms with Crippen LogP contribution in [-0.4, -0.2) is 17.7 Å². The third-order valence-corrected chi connectivity index (χ3v) is 3.28. The maximum atomic E-state index is 12.9. The van der Waals surface area contributed by atoms with E-state index in [0.29, 0.717) is 0 Å². The van der Waals surface area contributed by atoms with Crippen LogP contribution in [0.4, 0.5) is 13.2 Å². The van der Waals surface area contributed by atoms with Gasteiger partial charge in [-0.15, -0.1) is 0 Å². The van der Waals surface area contributed by atoms with Crippen molar-refractivity contribution < 1.29 is 27.8 Å². The van der Waals surface area contributed by atoms with Crippen LogP contribution in [0.2, 0.25) is 0 Å². The van der Waals surface area contributed by atoms with E-state index in [0.717, 1.165) is 6.07 Å². The molecule has 1 N–H and O–H groups in total. The number of carboxylic acid groups (broad SMARTS) is 1. The molecule has 104 valence electrons. The Balaban J connectivity index is 2.35. The normalized spacial score (nSPS) is 19.7. The van der Waals surface area contributed by atoms with Crippen LogP contribution >= 0.6 is 0 Å². The number of hydrogen-bond donors (Lipinski definition) is 1. The van der Waals surface area contributed by atoms with Gasteiger partial charge < -0.3 is 9.84 Å². The highest BCUT2D eigenvalue weighted by molar-refractivity contribution is 5.69. The van der Waals surface area contributed by atoms with Gasteiger partial charge in [0.25, 0.3) is 0 Å². The fraction of sp³-hybridized carbons (Fsp3) is 0.462. The SMILES string of the molecule is CC(CC1COc2cccc(C(F)(F)F)c21)C(=O)O. The van der Waals surface area contributed by atoms with E-state index in [1.807, 2.05) is 0 Å². The first-order valence-electron chi connectivity index (χ1n) is 5.86. The van der Waals surface area contributed by atoms with Crippen molar-refractivity contribution in [1.29, 1.82) is 0 Å². The molecular weight excluding hydrogens is 261 g/mol. The molecule has 19 heavy (non-hydrogen) atoms. The van der Waals surface area contributed by atoms with Crippen molar-refractivity contribution in [3.8, 4) is 5.75 Å².